The van der Waals surface area contributed by atoms with Crippen LogP contribution >= 0.6 is 11.6 Å². The van der Waals surface area contributed by atoms with Crippen molar-refractivity contribution in [2.24, 2.45) is 5.73 Å². The molecule has 0 saturated carbocycles. The third kappa shape index (κ3) is 4.60. The fourth-order valence-electron chi connectivity index (χ4n) is 2.71. The van der Waals surface area contributed by atoms with Crippen LogP contribution in [0.25, 0.3) is 0 Å². The van der Waals surface area contributed by atoms with Gasteiger partial charge in [0.05, 0.1) is 24.7 Å². The molecule has 1 unspecified atom stereocenters. The second-order valence-corrected chi connectivity index (χ2v) is 5.95. The number of nitriles is 1. The predicted octanol–water partition coefficient (Wildman–Crippen LogP) is 2.92. The maximum atomic E-state index is 12.7. The van der Waals surface area contributed by atoms with Crippen LogP contribution in [0, 0.1) is 11.3 Å². The zero-order chi connectivity index (χ0) is 20.0. The van der Waals surface area contributed by atoms with E-state index in [9.17, 15) is 14.9 Å². The lowest BCUT2D eigenvalue weighted by atomic mass is 9.82. The molecule has 1 aliphatic heterocycles. The summed E-state index contributed by atoms with van der Waals surface area (Å²) in [5, 5.41) is 10.1. The maximum Gasteiger partial charge on any atom is 0.338 e. The van der Waals surface area contributed by atoms with Gasteiger partial charge in [0.1, 0.15) is 23.8 Å². The molecule has 0 spiro atoms. The zero-order valence-electron chi connectivity index (χ0n) is 15.0. The van der Waals surface area contributed by atoms with Gasteiger partial charge in [-0.25, -0.2) is 4.79 Å². The van der Waals surface area contributed by atoms with E-state index < -0.39 is 17.9 Å². The Morgan fingerprint density at radius 2 is 1.85 bits per heavy atom. The van der Waals surface area contributed by atoms with Gasteiger partial charge in [-0.2, -0.15) is 5.26 Å². The lowest BCUT2D eigenvalue weighted by Crippen LogP contribution is -2.27. The Hall–Kier alpha value is -2.98. The number of esters is 2. The summed E-state index contributed by atoms with van der Waals surface area (Å²) in [6.45, 7) is 3.61. The molecule has 0 aromatic heterocycles. The van der Waals surface area contributed by atoms with Gasteiger partial charge in [-0.1, -0.05) is 23.7 Å². The summed E-state index contributed by atoms with van der Waals surface area (Å²) in [6, 6.07) is 8.58. The first kappa shape index (κ1) is 20.3. The first-order valence-electron chi connectivity index (χ1n) is 8.31. The quantitative estimate of drug-likeness (QED) is 0.743. The van der Waals surface area contributed by atoms with Crippen molar-refractivity contribution in [3.8, 4) is 6.07 Å². The Morgan fingerprint density at radius 3 is 2.41 bits per heavy atom. The molecule has 2 N–H and O–H groups in total. The van der Waals surface area contributed by atoms with Gasteiger partial charge in [-0.05, 0) is 31.5 Å². The van der Waals surface area contributed by atoms with Crippen LogP contribution in [-0.4, -0.2) is 25.2 Å². The molecular weight excluding hydrogens is 372 g/mol. The van der Waals surface area contributed by atoms with Gasteiger partial charge < -0.3 is 19.9 Å². The maximum absolute atomic E-state index is 12.7. The van der Waals surface area contributed by atoms with Crippen LogP contribution in [0.5, 0.6) is 0 Å². The van der Waals surface area contributed by atoms with Crippen LogP contribution in [-0.2, 0) is 23.8 Å². The SMILES string of the molecule is CCOC(=O)CC1=C(C(=O)OCC)C(c2ccc(Cl)cc2)C(C#N)=C(N)O1. The Bertz CT molecular complexity index is 837. The lowest BCUT2D eigenvalue weighted by Gasteiger charge is -2.27. The minimum absolute atomic E-state index is 0.00310. The Balaban J connectivity index is 2.62. The molecule has 7 nitrogen and oxygen atoms in total. The highest BCUT2D eigenvalue weighted by Crippen LogP contribution is 2.40. The summed E-state index contributed by atoms with van der Waals surface area (Å²) in [6.07, 6.45) is -0.314. The molecule has 0 bridgehead atoms. The monoisotopic (exact) mass is 390 g/mol. The van der Waals surface area contributed by atoms with Gasteiger partial charge in [0.15, 0.2) is 0 Å². The number of halogens is 1. The summed E-state index contributed by atoms with van der Waals surface area (Å²) >= 11 is 5.94. The van der Waals surface area contributed by atoms with Gasteiger partial charge in [0.25, 0.3) is 0 Å². The highest BCUT2D eigenvalue weighted by molar-refractivity contribution is 6.30. The van der Waals surface area contributed by atoms with E-state index in [1.54, 1.807) is 38.1 Å². The van der Waals surface area contributed by atoms with Gasteiger partial charge in [0, 0.05) is 5.02 Å². The van der Waals surface area contributed by atoms with Crippen molar-refractivity contribution < 1.29 is 23.8 Å². The van der Waals surface area contributed by atoms with Gasteiger partial charge >= 0.3 is 11.9 Å². The van der Waals surface area contributed by atoms with E-state index in [-0.39, 0.29) is 42.4 Å². The smallest absolute Gasteiger partial charge is 0.338 e. The van der Waals surface area contributed by atoms with Crippen molar-refractivity contribution in [2.75, 3.05) is 13.2 Å². The largest absolute Gasteiger partial charge is 0.466 e. The lowest BCUT2D eigenvalue weighted by molar-refractivity contribution is -0.143. The van der Waals surface area contributed by atoms with Crippen LogP contribution in [0.2, 0.25) is 5.02 Å². The molecule has 1 aromatic rings. The van der Waals surface area contributed by atoms with Crippen LogP contribution < -0.4 is 5.73 Å². The molecule has 142 valence electrons. The van der Waals surface area contributed by atoms with Crippen LogP contribution in [0.4, 0.5) is 0 Å². The van der Waals surface area contributed by atoms with Crippen molar-refractivity contribution in [2.45, 2.75) is 26.2 Å². The summed E-state index contributed by atoms with van der Waals surface area (Å²) < 4.78 is 15.5. The summed E-state index contributed by atoms with van der Waals surface area (Å²) in [5.74, 6) is -2.30. The number of hydrogen-bond donors (Lipinski definition) is 1. The predicted molar refractivity (Wildman–Crippen MR) is 97.0 cm³/mol. The van der Waals surface area contributed by atoms with E-state index in [1.807, 2.05) is 6.07 Å². The molecule has 8 heteroatoms. The number of ether oxygens (including phenoxy) is 3. The molecule has 27 heavy (non-hydrogen) atoms. The fourth-order valence-corrected chi connectivity index (χ4v) is 2.84. The molecule has 0 fully saturated rings. The standard InChI is InChI=1S/C19H19ClN2O5/c1-3-25-15(23)9-14-17(19(24)26-4-2)16(13(10-21)18(22)27-14)11-5-7-12(20)8-6-11/h5-8,16H,3-4,9,22H2,1-2H3. The number of nitrogens with two attached hydrogens (primary N) is 1. The summed E-state index contributed by atoms with van der Waals surface area (Å²) in [5.41, 5.74) is 6.57. The zero-order valence-corrected chi connectivity index (χ0v) is 15.7. The molecule has 1 aromatic carbocycles. The number of nitrogens with zero attached hydrogens (tertiary/aromatic N) is 1. The normalized spacial score (nSPS) is 16.4. The number of benzene rings is 1. The highest BCUT2D eigenvalue weighted by atomic mass is 35.5. The Labute approximate surface area is 161 Å². The van der Waals surface area contributed by atoms with Crippen LogP contribution in [0.1, 0.15) is 31.7 Å². The first-order chi connectivity index (χ1) is 12.9. The second kappa shape index (κ2) is 9.10. The fraction of sp³-hybridized carbons (Fsp3) is 0.316. The van der Waals surface area contributed by atoms with Crippen molar-refractivity contribution in [1.29, 1.82) is 5.26 Å². The number of rotatable bonds is 6. The molecule has 2 rings (SSSR count). The number of allylic oxidation sites excluding steroid dienone is 1. The molecule has 0 radical (unpaired) electrons. The van der Waals surface area contributed by atoms with Crippen molar-refractivity contribution >= 4 is 23.5 Å². The molecule has 0 saturated heterocycles. The van der Waals surface area contributed by atoms with Crippen molar-refractivity contribution in [3.63, 3.8) is 0 Å². The molecule has 1 atom stereocenters. The Morgan fingerprint density at radius 1 is 1.22 bits per heavy atom. The first-order valence-corrected chi connectivity index (χ1v) is 8.69. The number of carbonyl (C=O) groups is 2. The average Bonchev–Trinajstić information content (AvgIpc) is 2.62. The molecule has 0 amide bonds. The summed E-state index contributed by atoms with van der Waals surface area (Å²) in [4.78, 5) is 24.6. The number of carbonyl (C=O) groups excluding carboxylic acids is 2. The Kier molecular flexibility index (Phi) is 6.85. The van der Waals surface area contributed by atoms with Gasteiger partial charge in [0.2, 0.25) is 5.88 Å². The highest BCUT2D eigenvalue weighted by Gasteiger charge is 2.38. The molecule has 1 heterocycles. The minimum atomic E-state index is -0.843. The number of hydrogen-bond acceptors (Lipinski definition) is 7. The van der Waals surface area contributed by atoms with E-state index in [0.717, 1.165) is 0 Å². The van der Waals surface area contributed by atoms with E-state index in [1.165, 1.54) is 0 Å². The topological polar surface area (TPSA) is 112 Å². The molecular formula is C19H19ClN2O5. The minimum Gasteiger partial charge on any atom is -0.466 e. The van der Waals surface area contributed by atoms with Gasteiger partial charge in [-0.15, -0.1) is 0 Å². The van der Waals surface area contributed by atoms with Crippen LogP contribution in [0.3, 0.4) is 0 Å². The third-order valence-electron chi connectivity index (χ3n) is 3.81. The molecule has 1 aliphatic rings. The average molecular weight is 391 g/mol. The van der Waals surface area contributed by atoms with E-state index in [2.05, 4.69) is 0 Å². The molecule has 0 aliphatic carbocycles. The van der Waals surface area contributed by atoms with Crippen LogP contribution in [0.15, 0.2) is 47.1 Å². The van der Waals surface area contributed by atoms with E-state index >= 15 is 0 Å². The second-order valence-electron chi connectivity index (χ2n) is 5.52. The van der Waals surface area contributed by atoms with E-state index in [4.69, 9.17) is 31.5 Å². The van der Waals surface area contributed by atoms with Crippen molar-refractivity contribution in [1.82, 2.24) is 0 Å². The van der Waals surface area contributed by atoms with Gasteiger partial charge in [-0.3, -0.25) is 4.79 Å². The summed E-state index contributed by atoms with van der Waals surface area (Å²) in [7, 11) is 0. The van der Waals surface area contributed by atoms with Crippen molar-refractivity contribution in [3.05, 3.63) is 57.6 Å². The third-order valence-corrected chi connectivity index (χ3v) is 4.06. The van der Waals surface area contributed by atoms with E-state index in [0.29, 0.717) is 10.6 Å².